The van der Waals surface area contributed by atoms with Gasteiger partial charge >= 0.3 is 5.97 Å². The Kier molecular flexibility index (Phi) is 4.75. The maximum absolute atomic E-state index is 11.8. The fraction of sp³-hybridized carbons (Fsp3) is 0.538. The number of carbonyl (C=O) groups is 2. The lowest BCUT2D eigenvalue weighted by Gasteiger charge is -2.32. The third-order valence-corrected chi connectivity index (χ3v) is 3.23. The van der Waals surface area contributed by atoms with Gasteiger partial charge in [0.15, 0.2) is 5.76 Å². The van der Waals surface area contributed by atoms with Crippen LogP contribution in [0.25, 0.3) is 0 Å². The number of ether oxygens (including phenoxy) is 1. The van der Waals surface area contributed by atoms with Gasteiger partial charge in [0.2, 0.25) is 0 Å². The second-order valence-electron chi connectivity index (χ2n) is 4.60. The number of hydrogen-bond donors (Lipinski definition) is 2. The molecule has 2 rings (SSSR count). The Labute approximate surface area is 116 Å². The quantitative estimate of drug-likeness (QED) is 0.813. The Balaban J connectivity index is 1.83. The third kappa shape index (κ3) is 3.58. The monoisotopic (exact) mass is 282 g/mol. The fourth-order valence-electron chi connectivity index (χ4n) is 2.05. The Morgan fingerprint density at radius 2 is 2.35 bits per heavy atom. The molecule has 1 aromatic rings. The lowest BCUT2D eigenvalue weighted by molar-refractivity contribution is -0.0246. The van der Waals surface area contributed by atoms with Crippen LogP contribution in [-0.4, -0.2) is 60.8 Å². The zero-order valence-electron chi connectivity index (χ0n) is 11.3. The van der Waals surface area contributed by atoms with Crippen molar-refractivity contribution >= 4 is 11.9 Å². The molecule has 0 aromatic carbocycles. The van der Waals surface area contributed by atoms with Gasteiger partial charge in [-0.05, 0) is 6.54 Å². The van der Waals surface area contributed by atoms with Crippen molar-refractivity contribution in [1.82, 2.24) is 10.2 Å². The molecule has 1 amide bonds. The number of aromatic carboxylic acids is 1. The number of carboxylic acid groups (broad SMARTS) is 1. The van der Waals surface area contributed by atoms with E-state index in [-0.39, 0.29) is 17.4 Å². The second kappa shape index (κ2) is 6.53. The van der Waals surface area contributed by atoms with Gasteiger partial charge in [0.05, 0.1) is 18.3 Å². The van der Waals surface area contributed by atoms with Crippen molar-refractivity contribution in [2.24, 2.45) is 0 Å². The van der Waals surface area contributed by atoms with Crippen molar-refractivity contribution < 1.29 is 23.8 Å². The molecule has 1 aromatic heterocycles. The lowest BCUT2D eigenvalue weighted by atomic mass is 10.2. The van der Waals surface area contributed by atoms with Crippen LogP contribution in [0.1, 0.15) is 27.8 Å². The van der Waals surface area contributed by atoms with Crippen LogP contribution < -0.4 is 5.32 Å². The van der Waals surface area contributed by atoms with Crippen molar-refractivity contribution in [1.29, 1.82) is 0 Å². The summed E-state index contributed by atoms with van der Waals surface area (Å²) in [6.45, 7) is 5.73. The molecule has 2 heterocycles. The fourth-order valence-corrected chi connectivity index (χ4v) is 2.05. The van der Waals surface area contributed by atoms with Crippen LogP contribution in [0.15, 0.2) is 16.7 Å². The van der Waals surface area contributed by atoms with Crippen LogP contribution in [0.2, 0.25) is 0 Å². The van der Waals surface area contributed by atoms with E-state index in [0.717, 1.165) is 25.9 Å². The minimum Gasteiger partial charge on any atom is -0.478 e. The van der Waals surface area contributed by atoms with Crippen molar-refractivity contribution in [2.45, 2.75) is 13.0 Å². The highest BCUT2D eigenvalue weighted by molar-refractivity contribution is 5.95. The van der Waals surface area contributed by atoms with Crippen LogP contribution in [0.3, 0.4) is 0 Å². The first-order chi connectivity index (χ1) is 9.60. The lowest BCUT2D eigenvalue weighted by Crippen LogP contribution is -2.47. The highest BCUT2D eigenvalue weighted by Gasteiger charge is 2.21. The first kappa shape index (κ1) is 14.5. The van der Waals surface area contributed by atoms with E-state index in [1.165, 1.54) is 6.07 Å². The number of rotatable bonds is 5. The molecule has 1 saturated heterocycles. The van der Waals surface area contributed by atoms with E-state index in [2.05, 4.69) is 17.1 Å². The van der Waals surface area contributed by atoms with Gasteiger partial charge in [-0.2, -0.15) is 0 Å². The maximum atomic E-state index is 11.8. The number of hydrogen-bond acceptors (Lipinski definition) is 5. The van der Waals surface area contributed by atoms with Gasteiger partial charge in [0, 0.05) is 25.7 Å². The Morgan fingerprint density at radius 1 is 1.55 bits per heavy atom. The summed E-state index contributed by atoms with van der Waals surface area (Å²) in [5.41, 5.74) is -0.0405. The van der Waals surface area contributed by atoms with Crippen LogP contribution in [0.5, 0.6) is 0 Å². The second-order valence-corrected chi connectivity index (χ2v) is 4.60. The zero-order chi connectivity index (χ0) is 14.5. The van der Waals surface area contributed by atoms with E-state index in [0.29, 0.717) is 13.2 Å². The Hall–Kier alpha value is -1.86. The van der Waals surface area contributed by atoms with Crippen LogP contribution >= 0.6 is 0 Å². The molecule has 0 radical (unpaired) electrons. The first-order valence-electron chi connectivity index (χ1n) is 6.54. The molecule has 2 N–H and O–H groups in total. The summed E-state index contributed by atoms with van der Waals surface area (Å²) in [6.07, 6.45) is 0.995. The molecule has 1 unspecified atom stereocenters. The molecule has 0 bridgehead atoms. The van der Waals surface area contributed by atoms with E-state index < -0.39 is 11.9 Å². The Morgan fingerprint density at radius 3 is 3.00 bits per heavy atom. The maximum Gasteiger partial charge on any atom is 0.338 e. The standard InChI is InChI=1S/C13H18N2O5/c1-2-15-3-4-19-10(7-15)6-14-12(16)11-5-9(8-20-11)13(17)18/h5,8,10H,2-4,6-7H2,1H3,(H,14,16)(H,17,18). The molecule has 110 valence electrons. The number of likely N-dealkylation sites (N-methyl/N-ethyl adjacent to an activating group) is 1. The molecule has 1 atom stereocenters. The minimum atomic E-state index is -1.12. The van der Waals surface area contributed by atoms with Crippen molar-refractivity contribution in [3.05, 3.63) is 23.7 Å². The summed E-state index contributed by atoms with van der Waals surface area (Å²) in [5, 5.41) is 11.4. The van der Waals surface area contributed by atoms with Gasteiger partial charge < -0.3 is 19.6 Å². The predicted octanol–water partition coefficient (Wildman–Crippen LogP) is 0.428. The smallest absolute Gasteiger partial charge is 0.338 e. The molecule has 1 fully saturated rings. The Bertz CT molecular complexity index is 485. The van der Waals surface area contributed by atoms with Gasteiger partial charge in [0.1, 0.15) is 6.26 Å². The summed E-state index contributed by atoms with van der Waals surface area (Å²) in [6, 6.07) is 1.21. The molecule has 0 aliphatic carbocycles. The topological polar surface area (TPSA) is 92.0 Å². The summed E-state index contributed by atoms with van der Waals surface area (Å²) in [4.78, 5) is 24.7. The van der Waals surface area contributed by atoms with E-state index >= 15 is 0 Å². The zero-order valence-corrected chi connectivity index (χ0v) is 11.3. The SMILES string of the molecule is CCN1CCOC(CNC(=O)c2cc(C(=O)O)co2)C1. The molecule has 0 saturated carbocycles. The van der Waals surface area contributed by atoms with Crippen molar-refractivity contribution in [3.8, 4) is 0 Å². The van der Waals surface area contributed by atoms with Gasteiger partial charge in [-0.15, -0.1) is 0 Å². The number of carboxylic acids is 1. The molecular weight excluding hydrogens is 264 g/mol. The molecular formula is C13H18N2O5. The van der Waals surface area contributed by atoms with Crippen molar-refractivity contribution in [3.63, 3.8) is 0 Å². The largest absolute Gasteiger partial charge is 0.478 e. The van der Waals surface area contributed by atoms with Gasteiger partial charge in [-0.3, -0.25) is 9.69 Å². The van der Waals surface area contributed by atoms with Crippen molar-refractivity contribution in [2.75, 3.05) is 32.8 Å². The van der Waals surface area contributed by atoms with E-state index in [4.69, 9.17) is 14.3 Å². The van der Waals surface area contributed by atoms with E-state index in [9.17, 15) is 9.59 Å². The molecule has 20 heavy (non-hydrogen) atoms. The average molecular weight is 282 g/mol. The average Bonchev–Trinajstić information content (AvgIpc) is 2.95. The van der Waals surface area contributed by atoms with Crippen LogP contribution in [-0.2, 0) is 4.74 Å². The number of nitrogens with zero attached hydrogens (tertiary/aromatic N) is 1. The number of carbonyl (C=O) groups excluding carboxylic acids is 1. The highest BCUT2D eigenvalue weighted by atomic mass is 16.5. The summed E-state index contributed by atoms with van der Waals surface area (Å²) >= 11 is 0. The number of amides is 1. The molecule has 1 aliphatic heterocycles. The number of nitrogens with one attached hydrogen (secondary N) is 1. The van der Waals surface area contributed by atoms with E-state index in [1.807, 2.05) is 0 Å². The molecule has 7 heteroatoms. The summed E-state index contributed by atoms with van der Waals surface area (Å²) in [7, 11) is 0. The summed E-state index contributed by atoms with van der Waals surface area (Å²) in [5.74, 6) is -1.57. The molecule has 0 spiro atoms. The van der Waals surface area contributed by atoms with Gasteiger partial charge in [0.25, 0.3) is 5.91 Å². The normalized spacial score (nSPS) is 19.8. The van der Waals surface area contributed by atoms with Crippen LogP contribution in [0, 0.1) is 0 Å². The predicted molar refractivity (Wildman–Crippen MR) is 69.9 cm³/mol. The minimum absolute atomic E-state index is 0.00874. The van der Waals surface area contributed by atoms with E-state index in [1.54, 1.807) is 0 Å². The first-order valence-corrected chi connectivity index (χ1v) is 6.54. The number of morpholine rings is 1. The van der Waals surface area contributed by atoms with Crippen LogP contribution in [0.4, 0.5) is 0 Å². The molecule has 1 aliphatic rings. The molecule has 7 nitrogen and oxygen atoms in total. The van der Waals surface area contributed by atoms with Gasteiger partial charge in [-0.1, -0.05) is 6.92 Å². The highest BCUT2D eigenvalue weighted by Crippen LogP contribution is 2.08. The van der Waals surface area contributed by atoms with Gasteiger partial charge in [-0.25, -0.2) is 4.79 Å². The number of furan rings is 1. The summed E-state index contributed by atoms with van der Waals surface area (Å²) < 4.78 is 10.5. The third-order valence-electron chi connectivity index (χ3n) is 3.23.